The van der Waals surface area contributed by atoms with Crippen LogP contribution in [0.15, 0.2) is 61.4 Å². The van der Waals surface area contributed by atoms with Crippen LogP contribution in [0.1, 0.15) is 41.6 Å². The Morgan fingerprint density at radius 2 is 1.87 bits per heavy atom. The molecular formula is C32H35FN10O3. The molecule has 0 unspecified atom stereocenters. The molecule has 1 saturated carbocycles. The number of nitrogens with two attached hydrogens (primary N) is 1. The maximum absolute atomic E-state index is 13.8. The molecule has 0 spiro atoms. The van der Waals surface area contributed by atoms with E-state index >= 15 is 0 Å². The summed E-state index contributed by atoms with van der Waals surface area (Å²) in [6.45, 7) is 1.45. The molecule has 2 aromatic carbocycles. The lowest BCUT2D eigenvalue weighted by atomic mass is 9.79. The van der Waals surface area contributed by atoms with Crippen LogP contribution in [0.3, 0.4) is 0 Å². The minimum absolute atomic E-state index is 0.125. The molecule has 0 saturated heterocycles. The number of amides is 2. The Bertz CT molecular complexity index is 1840. The van der Waals surface area contributed by atoms with Gasteiger partial charge < -0.3 is 20.7 Å². The predicted molar refractivity (Wildman–Crippen MR) is 168 cm³/mol. The first-order valence-electron chi connectivity index (χ1n) is 15.1. The minimum atomic E-state index is -0.519. The standard InChI is InChI=1S/C32H35FN10O3/c1-41(32(45)43-19-35-17-39-43)15-22-5-3-4-6-23(22)16-42-30-27(29(34)37-18-38-30)28(40-42)21-9-7-20(8-10-21)14-36-31(44)25-13-24(33)11-12-26(25)46-2/h7-13,17-19,22-23H,3-6,14-16H2,1-2H3,(H,36,44)(H2,34,37,38)/t22-,23+/m0/s1. The van der Waals surface area contributed by atoms with E-state index < -0.39 is 11.7 Å². The molecule has 3 N–H and O–H groups in total. The predicted octanol–water partition coefficient (Wildman–Crippen LogP) is 4.15. The summed E-state index contributed by atoms with van der Waals surface area (Å²) >= 11 is 0. The van der Waals surface area contributed by atoms with Gasteiger partial charge in [0.25, 0.3) is 5.91 Å². The van der Waals surface area contributed by atoms with Crippen molar-refractivity contribution in [1.29, 1.82) is 0 Å². The monoisotopic (exact) mass is 626 g/mol. The minimum Gasteiger partial charge on any atom is -0.496 e. The molecule has 0 bridgehead atoms. The lowest BCUT2D eigenvalue weighted by molar-refractivity contribution is 0.0947. The summed E-state index contributed by atoms with van der Waals surface area (Å²) in [6.07, 6.45) is 8.43. The molecule has 238 valence electrons. The van der Waals surface area contributed by atoms with Gasteiger partial charge in [0.15, 0.2) is 5.65 Å². The molecule has 2 amide bonds. The number of hydrogen-bond donors (Lipinski definition) is 2. The van der Waals surface area contributed by atoms with E-state index in [1.807, 2.05) is 28.9 Å². The van der Waals surface area contributed by atoms with Crippen molar-refractivity contribution < 1.29 is 18.7 Å². The Hall–Kier alpha value is -5.40. The zero-order valence-electron chi connectivity index (χ0n) is 25.6. The number of rotatable bonds is 9. The lowest BCUT2D eigenvalue weighted by Crippen LogP contribution is -2.39. The van der Waals surface area contributed by atoms with Crippen molar-refractivity contribution in [3.8, 4) is 17.0 Å². The summed E-state index contributed by atoms with van der Waals surface area (Å²) in [5.74, 6) is 0.220. The third-order valence-corrected chi connectivity index (χ3v) is 8.57. The highest BCUT2D eigenvalue weighted by molar-refractivity contribution is 5.98. The fourth-order valence-corrected chi connectivity index (χ4v) is 6.17. The Balaban J connectivity index is 1.19. The van der Waals surface area contributed by atoms with Gasteiger partial charge in [-0.2, -0.15) is 14.9 Å². The highest BCUT2D eigenvalue weighted by Gasteiger charge is 2.30. The van der Waals surface area contributed by atoms with Crippen LogP contribution >= 0.6 is 0 Å². The van der Waals surface area contributed by atoms with E-state index in [-0.39, 0.29) is 30.0 Å². The summed E-state index contributed by atoms with van der Waals surface area (Å²) in [7, 11) is 3.22. The summed E-state index contributed by atoms with van der Waals surface area (Å²) < 4.78 is 22.1. The van der Waals surface area contributed by atoms with Gasteiger partial charge in [0, 0.05) is 32.2 Å². The van der Waals surface area contributed by atoms with Crippen LogP contribution in [-0.4, -0.2) is 72.1 Å². The number of nitrogen functional groups attached to an aromatic ring is 1. The molecule has 0 radical (unpaired) electrons. The molecular weight excluding hydrogens is 591 g/mol. The van der Waals surface area contributed by atoms with Gasteiger partial charge in [0.05, 0.1) is 18.1 Å². The Labute approximate surface area is 264 Å². The van der Waals surface area contributed by atoms with E-state index in [9.17, 15) is 14.0 Å². The summed E-state index contributed by atoms with van der Waals surface area (Å²) in [6, 6.07) is 11.2. The Kier molecular flexibility index (Phi) is 8.85. The topological polar surface area (TPSA) is 159 Å². The van der Waals surface area contributed by atoms with Crippen molar-refractivity contribution in [2.75, 3.05) is 26.4 Å². The van der Waals surface area contributed by atoms with E-state index in [1.165, 1.54) is 42.9 Å². The highest BCUT2D eigenvalue weighted by atomic mass is 19.1. The van der Waals surface area contributed by atoms with Gasteiger partial charge in [-0.3, -0.25) is 4.79 Å². The lowest BCUT2D eigenvalue weighted by Gasteiger charge is -2.34. The third-order valence-electron chi connectivity index (χ3n) is 8.57. The number of aromatic nitrogens is 7. The van der Waals surface area contributed by atoms with Gasteiger partial charge in [-0.1, -0.05) is 37.1 Å². The molecule has 1 aliphatic rings. The quantitative estimate of drug-likeness (QED) is 0.245. The first-order chi connectivity index (χ1) is 22.3. The van der Waals surface area contributed by atoms with Gasteiger partial charge in [-0.15, -0.1) is 0 Å². The fraction of sp³-hybridized carbons (Fsp3) is 0.344. The normalized spacial score (nSPS) is 16.3. The number of halogens is 1. The van der Waals surface area contributed by atoms with Crippen molar-refractivity contribution in [2.24, 2.45) is 11.8 Å². The molecule has 1 aliphatic carbocycles. The Morgan fingerprint density at radius 1 is 1.09 bits per heavy atom. The van der Waals surface area contributed by atoms with Crippen LogP contribution in [0.2, 0.25) is 0 Å². The van der Waals surface area contributed by atoms with Crippen LogP contribution in [0, 0.1) is 17.7 Å². The zero-order valence-corrected chi connectivity index (χ0v) is 25.6. The maximum Gasteiger partial charge on any atom is 0.345 e. The van der Waals surface area contributed by atoms with Crippen LogP contribution in [0.25, 0.3) is 22.3 Å². The second kappa shape index (κ2) is 13.3. The number of methoxy groups -OCH3 is 1. The molecule has 0 aliphatic heterocycles. The van der Waals surface area contributed by atoms with Gasteiger partial charge in [0.1, 0.15) is 42.1 Å². The average molecular weight is 627 g/mol. The SMILES string of the molecule is COc1ccc(F)cc1C(=O)NCc1ccc(-c2nn(C[C@H]3CCCC[C@H]3CN(C)C(=O)n3cncn3)c3ncnc(N)c23)cc1. The van der Waals surface area contributed by atoms with Crippen molar-refractivity contribution in [3.05, 3.63) is 78.4 Å². The summed E-state index contributed by atoms with van der Waals surface area (Å²) in [5, 5.41) is 12.5. The molecule has 14 heteroatoms. The number of ether oxygens (including phenoxy) is 1. The largest absolute Gasteiger partial charge is 0.496 e. The summed E-state index contributed by atoms with van der Waals surface area (Å²) in [5.41, 5.74) is 9.48. The van der Waals surface area contributed by atoms with Crippen molar-refractivity contribution in [3.63, 3.8) is 0 Å². The van der Waals surface area contributed by atoms with Gasteiger partial charge >= 0.3 is 6.03 Å². The van der Waals surface area contributed by atoms with E-state index in [2.05, 4.69) is 25.4 Å². The van der Waals surface area contributed by atoms with Crippen LogP contribution in [-0.2, 0) is 13.1 Å². The van der Waals surface area contributed by atoms with Crippen LogP contribution < -0.4 is 15.8 Å². The van der Waals surface area contributed by atoms with Crippen molar-refractivity contribution in [2.45, 2.75) is 38.8 Å². The maximum atomic E-state index is 13.8. The van der Waals surface area contributed by atoms with E-state index in [0.29, 0.717) is 41.4 Å². The molecule has 6 rings (SSSR count). The molecule has 2 atom stereocenters. The molecule has 13 nitrogen and oxygen atoms in total. The Morgan fingerprint density at radius 3 is 2.61 bits per heavy atom. The second-order valence-corrected chi connectivity index (χ2v) is 11.5. The number of anilines is 1. The molecule has 3 heterocycles. The average Bonchev–Trinajstić information content (AvgIpc) is 3.74. The number of benzene rings is 2. The number of nitrogens with zero attached hydrogens (tertiary/aromatic N) is 8. The molecule has 3 aromatic heterocycles. The molecule has 46 heavy (non-hydrogen) atoms. The second-order valence-electron chi connectivity index (χ2n) is 11.5. The van der Waals surface area contributed by atoms with Gasteiger partial charge in [-0.05, 0) is 48.4 Å². The highest BCUT2D eigenvalue weighted by Crippen LogP contribution is 2.35. The molecule has 5 aromatic rings. The van der Waals surface area contributed by atoms with Crippen molar-refractivity contribution in [1.82, 2.24) is 44.7 Å². The van der Waals surface area contributed by atoms with E-state index in [1.54, 1.807) is 11.9 Å². The van der Waals surface area contributed by atoms with E-state index in [4.69, 9.17) is 15.6 Å². The smallest absolute Gasteiger partial charge is 0.345 e. The summed E-state index contributed by atoms with van der Waals surface area (Å²) in [4.78, 5) is 39.9. The van der Waals surface area contributed by atoms with Crippen LogP contribution in [0.4, 0.5) is 15.0 Å². The van der Waals surface area contributed by atoms with E-state index in [0.717, 1.165) is 42.9 Å². The zero-order chi connectivity index (χ0) is 32.2. The number of hydrogen-bond acceptors (Lipinski definition) is 9. The van der Waals surface area contributed by atoms with Crippen molar-refractivity contribution >= 4 is 28.8 Å². The number of carbonyl (C=O) groups is 2. The van der Waals surface area contributed by atoms with Crippen LogP contribution in [0.5, 0.6) is 5.75 Å². The van der Waals surface area contributed by atoms with Gasteiger partial charge in [-0.25, -0.2) is 28.8 Å². The first kappa shape index (κ1) is 30.6. The first-order valence-corrected chi connectivity index (χ1v) is 15.1. The van der Waals surface area contributed by atoms with Gasteiger partial charge in [0.2, 0.25) is 0 Å². The molecule has 1 fully saturated rings. The fourth-order valence-electron chi connectivity index (χ4n) is 6.17. The number of nitrogens with one attached hydrogen (secondary N) is 1. The number of fused-ring (bicyclic) bond motifs is 1. The third kappa shape index (κ3) is 6.36. The number of carbonyl (C=O) groups excluding carboxylic acids is 2.